The molecular weight excluding hydrogens is 379 g/mol. The highest BCUT2D eigenvalue weighted by Crippen LogP contribution is 2.35. The van der Waals surface area contributed by atoms with Gasteiger partial charge in [-0.25, -0.2) is 0 Å². The molecule has 2 aromatic rings. The van der Waals surface area contributed by atoms with E-state index < -0.39 is 0 Å². The first-order valence-corrected chi connectivity index (χ1v) is 7.37. The Kier molecular flexibility index (Phi) is 4.71. The molecule has 0 radical (unpaired) electrons. The summed E-state index contributed by atoms with van der Waals surface area (Å²) in [5.41, 5.74) is 2.08. The highest BCUT2D eigenvalue weighted by Gasteiger charge is 2.14. The lowest BCUT2D eigenvalue weighted by Gasteiger charge is -2.13. The molecule has 0 aliphatic heterocycles. The normalized spacial score (nSPS) is 12.2. The van der Waals surface area contributed by atoms with Crippen molar-refractivity contribution in [2.75, 3.05) is 7.11 Å². The molecule has 0 bridgehead atoms. The van der Waals surface area contributed by atoms with Crippen molar-refractivity contribution >= 4 is 43.5 Å². The van der Waals surface area contributed by atoms with Crippen LogP contribution in [0, 0.1) is 0 Å². The van der Waals surface area contributed by atoms with Gasteiger partial charge in [0.25, 0.3) is 0 Å². The zero-order chi connectivity index (χ0) is 13.1. The summed E-state index contributed by atoms with van der Waals surface area (Å²) in [6, 6.07) is 13.8. The van der Waals surface area contributed by atoms with Crippen LogP contribution in [0.1, 0.15) is 16.5 Å². The molecule has 0 aliphatic carbocycles. The smallest absolute Gasteiger partial charge is 0.118 e. The van der Waals surface area contributed by atoms with E-state index in [0.717, 1.165) is 25.8 Å². The van der Waals surface area contributed by atoms with E-state index in [4.69, 9.17) is 16.3 Å². The van der Waals surface area contributed by atoms with E-state index in [9.17, 15) is 0 Å². The molecule has 0 N–H and O–H groups in total. The quantitative estimate of drug-likeness (QED) is 0.625. The number of alkyl halides is 1. The molecule has 1 nitrogen and oxygen atoms in total. The third kappa shape index (κ3) is 3.08. The summed E-state index contributed by atoms with van der Waals surface area (Å²) < 4.78 is 7.15. The first kappa shape index (κ1) is 13.9. The molecule has 94 valence electrons. The van der Waals surface area contributed by atoms with Gasteiger partial charge in [0.15, 0.2) is 0 Å². The standard InChI is InChI=1S/C14H11Br2ClO/c1-18-11-5-2-9(3-6-11)14(17)12-8-10(15)4-7-13(12)16/h2-8,14H,1H3. The SMILES string of the molecule is COc1ccc(C(Cl)c2cc(Br)ccc2Br)cc1. The Bertz CT molecular complexity index is 540. The number of methoxy groups -OCH3 is 1. The van der Waals surface area contributed by atoms with Crippen LogP contribution in [-0.2, 0) is 0 Å². The molecule has 0 saturated heterocycles. The highest BCUT2D eigenvalue weighted by molar-refractivity contribution is 9.11. The highest BCUT2D eigenvalue weighted by atomic mass is 79.9. The van der Waals surface area contributed by atoms with Gasteiger partial charge in [0.2, 0.25) is 0 Å². The summed E-state index contributed by atoms with van der Waals surface area (Å²) >= 11 is 13.5. The van der Waals surface area contributed by atoms with E-state index in [1.54, 1.807) is 7.11 Å². The van der Waals surface area contributed by atoms with Gasteiger partial charge >= 0.3 is 0 Å². The fraction of sp³-hybridized carbons (Fsp3) is 0.143. The van der Waals surface area contributed by atoms with Crippen molar-refractivity contribution in [3.8, 4) is 5.75 Å². The zero-order valence-corrected chi connectivity index (χ0v) is 13.6. The Morgan fingerprint density at radius 2 is 1.72 bits per heavy atom. The molecule has 2 rings (SSSR count). The van der Waals surface area contributed by atoms with Gasteiger partial charge in [-0.15, -0.1) is 11.6 Å². The second kappa shape index (κ2) is 6.09. The van der Waals surface area contributed by atoms with E-state index in [-0.39, 0.29) is 5.38 Å². The van der Waals surface area contributed by atoms with Gasteiger partial charge in [0, 0.05) is 8.95 Å². The van der Waals surface area contributed by atoms with Crippen LogP contribution in [0.5, 0.6) is 5.75 Å². The largest absolute Gasteiger partial charge is 0.497 e. The van der Waals surface area contributed by atoms with Crippen molar-refractivity contribution in [2.24, 2.45) is 0 Å². The van der Waals surface area contributed by atoms with Crippen molar-refractivity contribution in [2.45, 2.75) is 5.38 Å². The molecule has 0 aliphatic rings. The lowest BCUT2D eigenvalue weighted by Crippen LogP contribution is -1.95. The van der Waals surface area contributed by atoms with E-state index in [0.29, 0.717) is 0 Å². The third-order valence-electron chi connectivity index (χ3n) is 2.64. The lowest BCUT2D eigenvalue weighted by atomic mass is 10.0. The molecule has 0 heterocycles. The second-order valence-corrected chi connectivity index (χ2v) is 6.01. The number of hydrogen-bond donors (Lipinski definition) is 0. The van der Waals surface area contributed by atoms with E-state index >= 15 is 0 Å². The molecule has 1 atom stereocenters. The minimum Gasteiger partial charge on any atom is -0.497 e. The summed E-state index contributed by atoms with van der Waals surface area (Å²) in [5, 5.41) is -0.192. The number of halogens is 3. The van der Waals surface area contributed by atoms with Gasteiger partial charge < -0.3 is 4.74 Å². The number of benzene rings is 2. The van der Waals surface area contributed by atoms with Gasteiger partial charge in [0.05, 0.1) is 12.5 Å². The van der Waals surface area contributed by atoms with Crippen molar-refractivity contribution in [1.29, 1.82) is 0 Å². The van der Waals surface area contributed by atoms with Gasteiger partial charge in [0.1, 0.15) is 5.75 Å². The fourth-order valence-electron chi connectivity index (χ4n) is 1.66. The predicted molar refractivity (Wildman–Crippen MR) is 82.5 cm³/mol. The monoisotopic (exact) mass is 388 g/mol. The van der Waals surface area contributed by atoms with Gasteiger partial charge in [-0.3, -0.25) is 0 Å². The Balaban J connectivity index is 2.34. The Labute approximate surface area is 128 Å². The molecule has 0 amide bonds. The van der Waals surface area contributed by atoms with Crippen LogP contribution < -0.4 is 4.74 Å². The third-order valence-corrected chi connectivity index (χ3v) is 4.34. The minimum absolute atomic E-state index is 0.192. The van der Waals surface area contributed by atoms with E-state index in [1.807, 2.05) is 42.5 Å². The molecular formula is C14H11Br2ClO. The van der Waals surface area contributed by atoms with Crippen LogP contribution >= 0.6 is 43.5 Å². The van der Waals surface area contributed by atoms with Crippen LogP contribution in [-0.4, -0.2) is 7.11 Å². The molecule has 0 spiro atoms. The van der Waals surface area contributed by atoms with E-state index in [2.05, 4.69) is 31.9 Å². The maximum Gasteiger partial charge on any atom is 0.118 e. The molecule has 0 aromatic heterocycles. The molecule has 0 saturated carbocycles. The Hall–Kier alpha value is -0.510. The van der Waals surface area contributed by atoms with Crippen molar-refractivity contribution in [1.82, 2.24) is 0 Å². The topological polar surface area (TPSA) is 9.23 Å². The van der Waals surface area contributed by atoms with Crippen LogP contribution in [0.15, 0.2) is 51.4 Å². The number of ether oxygens (including phenoxy) is 1. The first-order valence-electron chi connectivity index (χ1n) is 5.35. The molecule has 1 unspecified atom stereocenters. The van der Waals surface area contributed by atoms with Gasteiger partial charge in [-0.2, -0.15) is 0 Å². The first-order chi connectivity index (χ1) is 8.61. The maximum absolute atomic E-state index is 6.51. The van der Waals surface area contributed by atoms with Crippen LogP contribution in [0.2, 0.25) is 0 Å². The Morgan fingerprint density at radius 3 is 2.33 bits per heavy atom. The Morgan fingerprint density at radius 1 is 1.06 bits per heavy atom. The average molecular weight is 391 g/mol. The fourth-order valence-corrected chi connectivity index (χ4v) is 2.97. The van der Waals surface area contributed by atoms with Gasteiger partial charge in [-0.05, 0) is 41.5 Å². The summed E-state index contributed by atoms with van der Waals surface area (Å²) in [7, 11) is 1.65. The van der Waals surface area contributed by atoms with Crippen LogP contribution in [0.3, 0.4) is 0 Å². The molecule has 2 aromatic carbocycles. The number of rotatable bonds is 3. The molecule has 0 fully saturated rings. The average Bonchev–Trinajstić information content (AvgIpc) is 2.41. The zero-order valence-electron chi connectivity index (χ0n) is 9.66. The molecule has 4 heteroatoms. The van der Waals surface area contributed by atoms with Gasteiger partial charge in [-0.1, -0.05) is 44.0 Å². The minimum atomic E-state index is -0.192. The maximum atomic E-state index is 6.51. The second-order valence-electron chi connectivity index (χ2n) is 3.80. The van der Waals surface area contributed by atoms with Crippen molar-refractivity contribution in [3.63, 3.8) is 0 Å². The van der Waals surface area contributed by atoms with Crippen LogP contribution in [0.4, 0.5) is 0 Å². The summed E-state index contributed by atoms with van der Waals surface area (Å²) in [6.07, 6.45) is 0. The van der Waals surface area contributed by atoms with Crippen molar-refractivity contribution in [3.05, 3.63) is 62.5 Å². The molecule has 18 heavy (non-hydrogen) atoms. The van der Waals surface area contributed by atoms with Crippen molar-refractivity contribution < 1.29 is 4.74 Å². The summed E-state index contributed by atoms with van der Waals surface area (Å²) in [4.78, 5) is 0. The summed E-state index contributed by atoms with van der Waals surface area (Å²) in [5.74, 6) is 0.830. The number of hydrogen-bond acceptors (Lipinski definition) is 1. The van der Waals surface area contributed by atoms with E-state index in [1.165, 1.54) is 0 Å². The predicted octanol–water partition coefficient (Wildman–Crippen LogP) is 5.55. The van der Waals surface area contributed by atoms with Crippen LogP contribution in [0.25, 0.3) is 0 Å². The lowest BCUT2D eigenvalue weighted by molar-refractivity contribution is 0.414. The summed E-state index contributed by atoms with van der Waals surface area (Å²) in [6.45, 7) is 0.